The number of rotatable bonds is 6. The van der Waals surface area contributed by atoms with Crippen molar-refractivity contribution in [1.29, 1.82) is 0 Å². The van der Waals surface area contributed by atoms with Gasteiger partial charge in [-0.2, -0.15) is 0 Å². The number of nitrogens with one attached hydrogen (secondary N) is 1. The van der Waals surface area contributed by atoms with Crippen LogP contribution in [0.15, 0.2) is 6.07 Å². The van der Waals surface area contributed by atoms with E-state index in [0.717, 1.165) is 24.1 Å². The van der Waals surface area contributed by atoms with Crippen molar-refractivity contribution in [2.75, 3.05) is 5.32 Å². The smallest absolute Gasteiger partial charge is 0.339 e. The summed E-state index contributed by atoms with van der Waals surface area (Å²) in [6, 6.07) is 2.02. The van der Waals surface area contributed by atoms with Crippen molar-refractivity contribution in [2.24, 2.45) is 5.92 Å². The van der Waals surface area contributed by atoms with Gasteiger partial charge >= 0.3 is 5.97 Å². The van der Waals surface area contributed by atoms with Gasteiger partial charge in [0, 0.05) is 11.7 Å². The molecule has 0 bridgehead atoms. The van der Waals surface area contributed by atoms with E-state index in [0.29, 0.717) is 11.7 Å². The number of hydrogen-bond acceptors (Lipinski definition) is 3. The highest BCUT2D eigenvalue weighted by molar-refractivity contribution is 5.94. The van der Waals surface area contributed by atoms with Crippen LogP contribution in [0, 0.1) is 19.8 Å². The minimum absolute atomic E-state index is 0.217. The number of anilines is 1. The molecule has 0 amide bonds. The molecule has 19 heavy (non-hydrogen) atoms. The van der Waals surface area contributed by atoms with Crippen LogP contribution in [0.4, 0.5) is 5.82 Å². The molecule has 1 atom stereocenters. The number of carboxylic acids is 1. The lowest BCUT2D eigenvalue weighted by atomic mass is 10.0. The molecule has 1 aromatic rings. The quantitative estimate of drug-likeness (QED) is 0.823. The first kappa shape index (κ1) is 15.5. The van der Waals surface area contributed by atoms with Gasteiger partial charge in [-0.05, 0) is 51.2 Å². The van der Waals surface area contributed by atoms with E-state index in [2.05, 4.69) is 31.1 Å². The minimum Gasteiger partial charge on any atom is -0.478 e. The number of aromatic carboxylic acids is 1. The molecule has 1 aromatic heterocycles. The normalized spacial score (nSPS) is 12.5. The van der Waals surface area contributed by atoms with Crippen molar-refractivity contribution in [3.8, 4) is 0 Å². The van der Waals surface area contributed by atoms with Crippen LogP contribution in [-0.4, -0.2) is 22.1 Å². The lowest BCUT2D eigenvalue weighted by molar-refractivity contribution is 0.0696. The summed E-state index contributed by atoms with van der Waals surface area (Å²) in [4.78, 5) is 15.7. The van der Waals surface area contributed by atoms with Gasteiger partial charge in [-0.3, -0.25) is 0 Å². The lowest BCUT2D eigenvalue weighted by Crippen LogP contribution is -2.20. The molecule has 4 heteroatoms. The summed E-state index contributed by atoms with van der Waals surface area (Å²) < 4.78 is 0. The van der Waals surface area contributed by atoms with Gasteiger partial charge < -0.3 is 10.4 Å². The highest BCUT2D eigenvalue weighted by atomic mass is 16.4. The van der Waals surface area contributed by atoms with Crippen molar-refractivity contribution < 1.29 is 9.90 Å². The number of carbonyl (C=O) groups is 1. The van der Waals surface area contributed by atoms with Crippen LogP contribution in [0.25, 0.3) is 0 Å². The number of hydrogen-bond donors (Lipinski definition) is 2. The van der Waals surface area contributed by atoms with Gasteiger partial charge in [0.15, 0.2) is 0 Å². The third-order valence-corrected chi connectivity index (χ3v) is 3.12. The predicted octanol–water partition coefficient (Wildman–Crippen LogP) is 3.63. The second-order valence-electron chi connectivity index (χ2n) is 5.63. The van der Waals surface area contributed by atoms with Gasteiger partial charge in [0.1, 0.15) is 11.4 Å². The molecule has 0 aliphatic heterocycles. The molecule has 4 nitrogen and oxygen atoms in total. The summed E-state index contributed by atoms with van der Waals surface area (Å²) in [6.45, 7) is 10.1. The monoisotopic (exact) mass is 264 g/mol. The van der Waals surface area contributed by atoms with Gasteiger partial charge in [-0.1, -0.05) is 13.8 Å². The van der Waals surface area contributed by atoms with Crippen LogP contribution in [0.3, 0.4) is 0 Å². The number of carboxylic acid groups (broad SMARTS) is 1. The average molecular weight is 264 g/mol. The van der Waals surface area contributed by atoms with E-state index in [4.69, 9.17) is 0 Å². The highest BCUT2D eigenvalue weighted by Gasteiger charge is 2.17. The van der Waals surface area contributed by atoms with E-state index < -0.39 is 5.97 Å². The average Bonchev–Trinajstić information content (AvgIpc) is 2.24. The molecular weight excluding hydrogens is 240 g/mol. The van der Waals surface area contributed by atoms with E-state index >= 15 is 0 Å². The molecule has 1 unspecified atom stereocenters. The zero-order valence-corrected chi connectivity index (χ0v) is 12.4. The molecule has 0 aliphatic rings. The van der Waals surface area contributed by atoms with Crippen molar-refractivity contribution in [3.63, 3.8) is 0 Å². The topological polar surface area (TPSA) is 62.2 Å². The zero-order valence-electron chi connectivity index (χ0n) is 12.4. The van der Waals surface area contributed by atoms with E-state index in [1.807, 2.05) is 13.8 Å². The molecule has 0 saturated carbocycles. The maximum Gasteiger partial charge on any atom is 0.339 e. The zero-order chi connectivity index (χ0) is 14.6. The first-order chi connectivity index (χ1) is 8.81. The molecule has 1 rings (SSSR count). The van der Waals surface area contributed by atoms with Crippen molar-refractivity contribution in [3.05, 3.63) is 22.9 Å². The fourth-order valence-corrected chi connectivity index (χ4v) is 2.10. The van der Waals surface area contributed by atoms with Crippen LogP contribution in [-0.2, 0) is 0 Å². The second-order valence-corrected chi connectivity index (χ2v) is 5.63. The Morgan fingerprint density at radius 1 is 1.32 bits per heavy atom. The first-order valence-corrected chi connectivity index (χ1v) is 6.79. The Hall–Kier alpha value is -1.58. The molecular formula is C15H24N2O2. The SMILES string of the molecule is Cc1cc(C)c(C(=O)O)c(NC(C)CCC(C)C)n1. The Morgan fingerprint density at radius 3 is 2.47 bits per heavy atom. The van der Waals surface area contributed by atoms with E-state index in [1.165, 1.54) is 0 Å². The van der Waals surface area contributed by atoms with Gasteiger partial charge in [-0.15, -0.1) is 0 Å². The molecule has 1 heterocycles. The summed E-state index contributed by atoms with van der Waals surface area (Å²) >= 11 is 0. The Labute approximate surface area is 115 Å². The molecule has 0 spiro atoms. The summed E-state index contributed by atoms with van der Waals surface area (Å²) in [7, 11) is 0. The predicted molar refractivity (Wildman–Crippen MR) is 77.8 cm³/mol. The van der Waals surface area contributed by atoms with Crippen LogP contribution < -0.4 is 5.32 Å². The van der Waals surface area contributed by atoms with Crippen LogP contribution in [0.2, 0.25) is 0 Å². The molecule has 0 aliphatic carbocycles. The minimum atomic E-state index is -0.927. The summed E-state index contributed by atoms with van der Waals surface area (Å²) in [6.07, 6.45) is 2.12. The standard InChI is InChI=1S/C15H24N2O2/c1-9(2)6-7-11(4)16-14-13(15(18)19)10(3)8-12(5)17-14/h8-9,11H,6-7H2,1-5H3,(H,16,17)(H,18,19). The van der Waals surface area contributed by atoms with Crippen LogP contribution >= 0.6 is 0 Å². The van der Waals surface area contributed by atoms with Gasteiger partial charge in [-0.25, -0.2) is 9.78 Å². The van der Waals surface area contributed by atoms with E-state index in [-0.39, 0.29) is 11.6 Å². The Balaban J connectivity index is 2.90. The van der Waals surface area contributed by atoms with Crippen molar-refractivity contribution in [1.82, 2.24) is 4.98 Å². The second kappa shape index (κ2) is 6.55. The fourth-order valence-electron chi connectivity index (χ4n) is 2.10. The molecule has 0 aromatic carbocycles. The third kappa shape index (κ3) is 4.54. The number of aromatic nitrogens is 1. The van der Waals surface area contributed by atoms with E-state index in [9.17, 15) is 9.90 Å². The highest BCUT2D eigenvalue weighted by Crippen LogP contribution is 2.20. The molecule has 0 radical (unpaired) electrons. The van der Waals surface area contributed by atoms with Gasteiger partial charge in [0.2, 0.25) is 0 Å². The van der Waals surface area contributed by atoms with Crippen LogP contribution in [0.5, 0.6) is 0 Å². The van der Waals surface area contributed by atoms with Gasteiger partial charge in [0.25, 0.3) is 0 Å². The Kier molecular flexibility index (Phi) is 5.33. The maximum absolute atomic E-state index is 11.3. The fraction of sp³-hybridized carbons (Fsp3) is 0.600. The summed E-state index contributed by atoms with van der Waals surface area (Å²) in [5, 5.41) is 12.5. The van der Waals surface area contributed by atoms with E-state index in [1.54, 1.807) is 6.07 Å². The summed E-state index contributed by atoms with van der Waals surface area (Å²) in [5.41, 5.74) is 1.86. The molecule has 106 valence electrons. The third-order valence-electron chi connectivity index (χ3n) is 3.12. The number of nitrogens with zero attached hydrogens (tertiary/aromatic N) is 1. The lowest BCUT2D eigenvalue weighted by Gasteiger charge is -2.18. The van der Waals surface area contributed by atoms with Gasteiger partial charge in [0.05, 0.1) is 0 Å². The molecule has 0 saturated heterocycles. The first-order valence-electron chi connectivity index (χ1n) is 6.79. The largest absolute Gasteiger partial charge is 0.478 e. The van der Waals surface area contributed by atoms with Crippen LogP contribution in [0.1, 0.15) is 55.2 Å². The Morgan fingerprint density at radius 2 is 1.95 bits per heavy atom. The maximum atomic E-state index is 11.3. The number of pyridine rings is 1. The molecule has 0 fully saturated rings. The van der Waals surface area contributed by atoms with Crippen molar-refractivity contribution >= 4 is 11.8 Å². The number of aryl methyl sites for hydroxylation is 2. The Bertz CT molecular complexity index is 456. The summed E-state index contributed by atoms with van der Waals surface area (Å²) in [5.74, 6) is 0.209. The van der Waals surface area contributed by atoms with Crippen molar-refractivity contribution in [2.45, 2.75) is 53.5 Å². The molecule has 2 N–H and O–H groups in total.